The van der Waals surface area contributed by atoms with E-state index >= 15 is 0 Å². The first-order valence-corrected chi connectivity index (χ1v) is 8.53. The van der Waals surface area contributed by atoms with Crippen LogP contribution < -0.4 is 4.72 Å². The summed E-state index contributed by atoms with van der Waals surface area (Å²) in [5, 5.41) is 6.50. The van der Waals surface area contributed by atoms with Crippen LogP contribution in [0, 0.1) is 0 Å². The zero-order valence-corrected chi connectivity index (χ0v) is 13.3. The average molecular weight is 307 g/mol. The van der Waals surface area contributed by atoms with Crippen molar-refractivity contribution in [1.29, 1.82) is 0 Å². The number of nitrogens with zero attached hydrogens (tertiary/aromatic N) is 1. The van der Waals surface area contributed by atoms with Crippen LogP contribution in [0.25, 0.3) is 0 Å². The number of rotatable bonds is 6. The number of aromatic nitrogens is 2. The van der Waals surface area contributed by atoms with Gasteiger partial charge in [-0.05, 0) is 37.0 Å². The Hall–Kier alpha value is -1.66. The lowest BCUT2D eigenvalue weighted by atomic mass is 9.99. The molecule has 2 atom stereocenters. The first-order valence-electron chi connectivity index (χ1n) is 7.05. The van der Waals surface area contributed by atoms with E-state index in [-0.39, 0.29) is 10.9 Å². The molecule has 2 aromatic rings. The van der Waals surface area contributed by atoms with Crippen molar-refractivity contribution in [3.63, 3.8) is 0 Å². The molecule has 6 heteroatoms. The summed E-state index contributed by atoms with van der Waals surface area (Å²) in [4.78, 5) is 0.282. The Balaban J connectivity index is 2.16. The second-order valence-electron chi connectivity index (χ2n) is 5.25. The maximum Gasteiger partial charge on any atom is 0.241 e. The van der Waals surface area contributed by atoms with Crippen molar-refractivity contribution < 1.29 is 8.42 Å². The highest BCUT2D eigenvalue weighted by Crippen LogP contribution is 2.21. The molecule has 1 aromatic carbocycles. The lowest BCUT2D eigenvalue weighted by Gasteiger charge is -2.14. The van der Waals surface area contributed by atoms with E-state index in [4.69, 9.17) is 0 Å². The van der Waals surface area contributed by atoms with Crippen molar-refractivity contribution in [2.45, 2.75) is 44.0 Å². The van der Waals surface area contributed by atoms with Gasteiger partial charge < -0.3 is 0 Å². The monoisotopic (exact) mass is 307 g/mol. The molecule has 0 saturated carbocycles. The minimum absolute atomic E-state index is 0.282. The topological polar surface area (TPSA) is 74.8 Å². The number of hydrogen-bond acceptors (Lipinski definition) is 3. The number of sulfonamides is 1. The highest BCUT2D eigenvalue weighted by Gasteiger charge is 2.19. The van der Waals surface area contributed by atoms with E-state index in [1.54, 1.807) is 31.5 Å². The number of hydrogen-bond donors (Lipinski definition) is 2. The van der Waals surface area contributed by atoms with Crippen molar-refractivity contribution in [1.82, 2.24) is 14.9 Å². The lowest BCUT2D eigenvalue weighted by Crippen LogP contribution is -2.26. The summed E-state index contributed by atoms with van der Waals surface area (Å²) < 4.78 is 27.3. The van der Waals surface area contributed by atoms with Crippen molar-refractivity contribution in [2.24, 2.45) is 0 Å². The lowest BCUT2D eigenvalue weighted by molar-refractivity contribution is 0.567. The van der Waals surface area contributed by atoms with Gasteiger partial charge >= 0.3 is 0 Å². The standard InChI is InChI=1S/C15H21N3O2S/c1-4-11(2)13-5-7-15(8-6-13)21(19,20)18-12(3)14-9-16-17-10-14/h5-12,18H,4H2,1-3H3,(H,16,17). The van der Waals surface area contributed by atoms with Crippen LogP contribution in [0.15, 0.2) is 41.6 Å². The summed E-state index contributed by atoms with van der Waals surface area (Å²) in [6.45, 7) is 6.03. The summed E-state index contributed by atoms with van der Waals surface area (Å²) in [6, 6.07) is 6.75. The van der Waals surface area contributed by atoms with Gasteiger partial charge in [-0.25, -0.2) is 13.1 Å². The molecule has 0 amide bonds. The molecule has 2 N–H and O–H groups in total. The van der Waals surface area contributed by atoms with Gasteiger partial charge in [-0.15, -0.1) is 0 Å². The third kappa shape index (κ3) is 3.71. The van der Waals surface area contributed by atoms with Crippen LogP contribution in [-0.4, -0.2) is 18.6 Å². The van der Waals surface area contributed by atoms with Crippen LogP contribution >= 0.6 is 0 Å². The summed E-state index contributed by atoms with van der Waals surface area (Å²) in [6.07, 6.45) is 4.32. The Morgan fingerprint density at radius 2 is 1.86 bits per heavy atom. The summed E-state index contributed by atoms with van der Waals surface area (Å²) >= 11 is 0. The smallest absolute Gasteiger partial charge is 0.241 e. The summed E-state index contributed by atoms with van der Waals surface area (Å²) in [5.74, 6) is 0.430. The van der Waals surface area contributed by atoms with Gasteiger partial charge in [0.2, 0.25) is 10.0 Å². The quantitative estimate of drug-likeness (QED) is 0.861. The Morgan fingerprint density at radius 3 is 2.38 bits per heavy atom. The highest BCUT2D eigenvalue weighted by molar-refractivity contribution is 7.89. The van der Waals surface area contributed by atoms with Crippen molar-refractivity contribution in [3.8, 4) is 0 Å². The molecule has 1 aromatic heterocycles. The number of aromatic amines is 1. The van der Waals surface area contributed by atoms with E-state index in [0.29, 0.717) is 5.92 Å². The van der Waals surface area contributed by atoms with Crippen LogP contribution in [-0.2, 0) is 10.0 Å². The molecule has 2 unspecified atom stereocenters. The molecule has 5 nitrogen and oxygen atoms in total. The third-order valence-electron chi connectivity index (χ3n) is 3.72. The van der Waals surface area contributed by atoms with E-state index in [2.05, 4.69) is 28.8 Å². The average Bonchev–Trinajstić information content (AvgIpc) is 3.00. The van der Waals surface area contributed by atoms with E-state index in [1.807, 2.05) is 12.1 Å². The number of nitrogens with one attached hydrogen (secondary N) is 2. The van der Waals surface area contributed by atoms with E-state index in [1.165, 1.54) is 0 Å². The maximum absolute atomic E-state index is 12.3. The molecule has 0 spiro atoms. The van der Waals surface area contributed by atoms with Gasteiger partial charge in [0.25, 0.3) is 0 Å². The van der Waals surface area contributed by atoms with Crippen molar-refractivity contribution in [2.75, 3.05) is 0 Å². The molecule has 0 radical (unpaired) electrons. The summed E-state index contributed by atoms with van der Waals surface area (Å²) in [7, 11) is -3.53. The first-order chi connectivity index (χ1) is 9.94. The van der Waals surface area contributed by atoms with E-state index < -0.39 is 10.0 Å². The van der Waals surface area contributed by atoms with Crippen LogP contribution in [0.3, 0.4) is 0 Å². The molecule has 2 rings (SSSR count). The van der Waals surface area contributed by atoms with Gasteiger partial charge in [0, 0.05) is 17.8 Å². The first kappa shape index (κ1) is 15.7. The minimum Gasteiger partial charge on any atom is -0.285 e. The van der Waals surface area contributed by atoms with Gasteiger partial charge in [0.15, 0.2) is 0 Å². The summed E-state index contributed by atoms with van der Waals surface area (Å²) in [5.41, 5.74) is 1.95. The van der Waals surface area contributed by atoms with Crippen LogP contribution in [0.4, 0.5) is 0 Å². The molecule has 0 fully saturated rings. The fraction of sp³-hybridized carbons (Fsp3) is 0.400. The third-order valence-corrected chi connectivity index (χ3v) is 5.28. The Labute approximate surface area is 125 Å². The molecule has 21 heavy (non-hydrogen) atoms. The predicted octanol–water partition coefficient (Wildman–Crippen LogP) is 2.96. The predicted molar refractivity (Wildman–Crippen MR) is 82.5 cm³/mol. The molecule has 0 bridgehead atoms. The van der Waals surface area contributed by atoms with Gasteiger partial charge in [-0.2, -0.15) is 5.10 Å². The fourth-order valence-electron chi connectivity index (χ4n) is 2.08. The molecular weight excluding hydrogens is 286 g/mol. The molecule has 1 heterocycles. The SMILES string of the molecule is CCC(C)c1ccc(S(=O)(=O)NC(C)c2cn[nH]c2)cc1. The van der Waals surface area contributed by atoms with Crippen molar-refractivity contribution in [3.05, 3.63) is 47.8 Å². The zero-order valence-electron chi connectivity index (χ0n) is 12.5. The Kier molecular flexibility index (Phi) is 4.80. The maximum atomic E-state index is 12.3. The number of benzene rings is 1. The van der Waals surface area contributed by atoms with Gasteiger partial charge in [-0.1, -0.05) is 26.0 Å². The second kappa shape index (κ2) is 6.41. The second-order valence-corrected chi connectivity index (χ2v) is 6.97. The highest BCUT2D eigenvalue weighted by atomic mass is 32.2. The fourth-order valence-corrected chi connectivity index (χ4v) is 3.31. The van der Waals surface area contributed by atoms with Crippen LogP contribution in [0.5, 0.6) is 0 Å². The van der Waals surface area contributed by atoms with Gasteiger partial charge in [0.1, 0.15) is 0 Å². The Bertz CT molecular complexity index is 663. The van der Waals surface area contributed by atoms with Crippen LogP contribution in [0.1, 0.15) is 50.3 Å². The molecule has 114 valence electrons. The van der Waals surface area contributed by atoms with Crippen LogP contribution in [0.2, 0.25) is 0 Å². The molecule has 0 saturated heterocycles. The number of H-pyrrole nitrogens is 1. The zero-order chi connectivity index (χ0) is 15.5. The largest absolute Gasteiger partial charge is 0.285 e. The molecule has 0 aliphatic heterocycles. The van der Waals surface area contributed by atoms with Gasteiger partial charge in [-0.3, -0.25) is 5.10 Å². The molecule has 0 aliphatic rings. The molecular formula is C15H21N3O2S. The van der Waals surface area contributed by atoms with Crippen molar-refractivity contribution >= 4 is 10.0 Å². The molecule has 0 aliphatic carbocycles. The van der Waals surface area contributed by atoms with E-state index in [0.717, 1.165) is 17.5 Å². The van der Waals surface area contributed by atoms with E-state index in [9.17, 15) is 8.42 Å². The van der Waals surface area contributed by atoms with Gasteiger partial charge in [0.05, 0.1) is 11.1 Å². The normalized spacial score (nSPS) is 14.8. The minimum atomic E-state index is -3.53. The Morgan fingerprint density at radius 1 is 1.19 bits per heavy atom.